The van der Waals surface area contributed by atoms with Gasteiger partial charge in [-0.1, -0.05) is 18.2 Å². The van der Waals surface area contributed by atoms with Crippen LogP contribution in [0.3, 0.4) is 0 Å². The Kier molecular flexibility index (Phi) is 4.26. The van der Waals surface area contributed by atoms with Crippen LogP contribution < -0.4 is 10.6 Å². The predicted octanol–water partition coefficient (Wildman–Crippen LogP) is 2.35. The van der Waals surface area contributed by atoms with Gasteiger partial charge in [0, 0.05) is 44.2 Å². The average molecular weight is 352 g/mol. The molecule has 0 bridgehead atoms. The summed E-state index contributed by atoms with van der Waals surface area (Å²) in [4.78, 5) is 30.4. The molecule has 4 rings (SSSR count). The second-order valence-corrected chi connectivity index (χ2v) is 7.54. The van der Waals surface area contributed by atoms with Crippen LogP contribution in [0.4, 0.5) is 4.79 Å². The van der Waals surface area contributed by atoms with E-state index in [2.05, 4.69) is 21.7 Å². The van der Waals surface area contributed by atoms with E-state index in [1.54, 1.807) is 6.20 Å². The highest BCUT2D eigenvalue weighted by Crippen LogP contribution is 2.37. The fourth-order valence-corrected chi connectivity index (χ4v) is 4.10. The van der Waals surface area contributed by atoms with Gasteiger partial charge in [0.25, 0.3) is 0 Å². The molecule has 0 saturated carbocycles. The molecule has 0 unspecified atom stereocenters. The number of piperidine rings is 1. The summed E-state index contributed by atoms with van der Waals surface area (Å²) in [5.41, 5.74) is 3.26. The molecule has 6 heteroatoms. The van der Waals surface area contributed by atoms with Crippen molar-refractivity contribution in [2.75, 3.05) is 19.6 Å². The van der Waals surface area contributed by atoms with E-state index in [0.717, 1.165) is 41.4 Å². The maximum atomic E-state index is 12.6. The molecule has 1 aromatic carbocycles. The molecular formula is C20H24N4O2. The molecule has 1 spiro atoms. The second-order valence-electron chi connectivity index (χ2n) is 7.54. The normalized spacial score (nSPS) is 19.0. The summed E-state index contributed by atoms with van der Waals surface area (Å²) in [6.45, 7) is 4.70. The SMILES string of the molecule is Cc1ccc(CNC(=O)N2CCC3(CC2)CNC(=O)C3)c2cccnc12. The van der Waals surface area contributed by atoms with E-state index >= 15 is 0 Å². The fourth-order valence-electron chi connectivity index (χ4n) is 4.10. The number of carbonyl (C=O) groups excluding carboxylic acids is 2. The van der Waals surface area contributed by atoms with Crippen molar-refractivity contribution in [2.45, 2.75) is 32.7 Å². The van der Waals surface area contributed by atoms with Gasteiger partial charge in [0.15, 0.2) is 0 Å². The van der Waals surface area contributed by atoms with Crippen LogP contribution in [0.25, 0.3) is 10.9 Å². The largest absolute Gasteiger partial charge is 0.356 e. The zero-order valence-corrected chi connectivity index (χ0v) is 15.0. The highest BCUT2D eigenvalue weighted by atomic mass is 16.2. The van der Waals surface area contributed by atoms with Gasteiger partial charge in [-0.2, -0.15) is 0 Å². The Labute approximate surface area is 153 Å². The molecule has 6 nitrogen and oxygen atoms in total. The minimum atomic E-state index is -0.0326. The second kappa shape index (κ2) is 6.59. The summed E-state index contributed by atoms with van der Waals surface area (Å²) >= 11 is 0. The Morgan fingerprint density at radius 1 is 1.31 bits per heavy atom. The van der Waals surface area contributed by atoms with Gasteiger partial charge in [0.1, 0.15) is 0 Å². The Morgan fingerprint density at radius 2 is 2.12 bits per heavy atom. The third kappa shape index (κ3) is 3.11. The highest BCUT2D eigenvalue weighted by Gasteiger charge is 2.41. The van der Waals surface area contributed by atoms with Gasteiger partial charge < -0.3 is 15.5 Å². The minimum Gasteiger partial charge on any atom is -0.356 e. The maximum Gasteiger partial charge on any atom is 0.317 e. The zero-order valence-electron chi connectivity index (χ0n) is 15.0. The Bertz CT molecular complexity index is 856. The van der Waals surface area contributed by atoms with E-state index < -0.39 is 0 Å². The van der Waals surface area contributed by atoms with Crippen LogP contribution in [0, 0.1) is 12.3 Å². The lowest BCUT2D eigenvalue weighted by Crippen LogP contribution is -2.47. The van der Waals surface area contributed by atoms with Gasteiger partial charge in [-0.05, 0) is 42.4 Å². The van der Waals surface area contributed by atoms with Gasteiger partial charge in [-0.3, -0.25) is 9.78 Å². The van der Waals surface area contributed by atoms with Crippen LogP contribution in [0.5, 0.6) is 0 Å². The lowest BCUT2D eigenvalue weighted by atomic mass is 9.78. The summed E-state index contributed by atoms with van der Waals surface area (Å²) < 4.78 is 0. The molecule has 2 aromatic rings. The number of nitrogens with one attached hydrogen (secondary N) is 2. The standard InChI is InChI=1S/C20H24N4O2/c1-14-4-5-15(16-3-2-8-21-18(14)16)12-22-19(26)24-9-6-20(7-10-24)11-17(25)23-13-20/h2-5,8H,6-7,9-13H2,1H3,(H,22,26)(H,23,25). The molecule has 136 valence electrons. The van der Waals surface area contributed by atoms with E-state index in [1.807, 2.05) is 30.0 Å². The van der Waals surface area contributed by atoms with Crippen molar-refractivity contribution in [3.8, 4) is 0 Å². The van der Waals surface area contributed by atoms with Crippen molar-refractivity contribution in [3.05, 3.63) is 41.6 Å². The number of aromatic nitrogens is 1. The summed E-state index contributed by atoms with van der Waals surface area (Å²) in [6.07, 6.45) is 4.17. The smallest absolute Gasteiger partial charge is 0.317 e. The first-order valence-electron chi connectivity index (χ1n) is 9.19. The zero-order chi connectivity index (χ0) is 18.1. The van der Waals surface area contributed by atoms with Crippen molar-refractivity contribution in [1.29, 1.82) is 0 Å². The third-order valence-corrected chi connectivity index (χ3v) is 5.80. The topological polar surface area (TPSA) is 74.3 Å². The number of carbonyl (C=O) groups is 2. The molecule has 0 aliphatic carbocycles. The van der Waals surface area contributed by atoms with Crippen molar-refractivity contribution in [2.24, 2.45) is 5.41 Å². The first-order chi connectivity index (χ1) is 12.6. The fraction of sp³-hybridized carbons (Fsp3) is 0.450. The van der Waals surface area contributed by atoms with E-state index in [4.69, 9.17) is 0 Å². The molecule has 2 fully saturated rings. The van der Waals surface area contributed by atoms with E-state index in [1.165, 1.54) is 0 Å². The third-order valence-electron chi connectivity index (χ3n) is 5.80. The Hall–Kier alpha value is -2.63. The van der Waals surface area contributed by atoms with E-state index in [0.29, 0.717) is 26.1 Å². The summed E-state index contributed by atoms with van der Waals surface area (Å²) in [5, 5.41) is 7.06. The maximum absolute atomic E-state index is 12.6. The molecule has 3 amide bonds. The van der Waals surface area contributed by atoms with Gasteiger partial charge >= 0.3 is 6.03 Å². The number of hydrogen-bond acceptors (Lipinski definition) is 3. The number of rotatable bonds is 2. The quantitative estimate of drug-likeness (QED) is 0.871. The Morgan fingerprint density at radius 3 is 2.85 bits per heavy atom. The van der Waals surface area contributed by atoms with Crippen molar-refractivity contribution in [1.82, 2.24) is 20.5 Å². The van der Waals surface area contributed by atoms with Gasteiger partial charge in [-0.25, -0.2) is 4.79 Å². The molecule has 2 aliphatic heterocycles. The van der Waals surface area contributed by atoms with Gasteiger partial charge in [0.2, 0.25) is 5.91 Å². The minimum absolute atomic E-state index is 0.0326. The van der Waals surface area contributed by atoms with Crippen LogP contribution in [-0.4, -0.2) is 41.5 Å². The number of amides is 3. The summed E-state index contributed by atoms with van der Waals surface area (Å²) in [5.74, 6) is 0.141. The lowest BCUT2D eigenvalue weighted by Gasteiger charge is -2.38. The van der Waals surface area contributed by atoms with Gasteiger partial charge in [0.05, 0.1) is 5.52 Å². The van der Waals surface area contributed by atoms with Crippen LogP contribution in [0.2, 0.25) is 0 Å². The number of nitrogens with zero attached hydrogens (tertiary/aromatic N) is 2. The molecular weight excluding hydrogens is 328 g/mol. The van der Waals surface area contributed by atoms with Crippen LogP contribution >= 0.6 is 0 Å². The molecule has 2 aliphatic rings. The van der Waals surface area contributed by atoms with Gasteiger partial charge in [-0.15, -0.1) is 0 Å². The molecule has 2 saturated heterocycles. The van der Waals surface area contributed by atoms with E-state index in [9.17, 15) is 9.59 Å². The molecule has 0 atom stereocenters. The summed E-state index contributed by atoms with van der Waals surface area (Å²) in [6, 6.07) is 8.04. The molecule has 3 heterocycles. The lowest BCUT2D eigenvalue weighted by molar-refractivity contribution is -0.119. The first-order valence-corrected chi connectivity index (χ1v) is 9.19. The van der Waals surface area contributed by atoms with Crippen LogP contribution in [0.1, 0.15) is 30.4 Å². The average Bonchev–Trinajstić information content (AvgIpc) is 3.02. The van der Waals surface area contributed by atoms with E-state index in [-0.39, 0.29) is 17.4 Å². The molecule has 26 heavy (non-hydrogen) atoms. The van der Waals surface area contributed by atoms with Crippen LogP contribution in [0.15, 0.2) is 30.5 Å². The molecule has 0 radical (unpaired) electrons. The molecule has 1 aromatic heterocycles. The predicted molar refractivity (Wildman–Crippen MR) is 99.6 cm³/mol. The number of urea groups is 1. The summed E-state index contributed by atoms with van der Waals surface area (Å²) in [7, 11) is 0. The number of hydrogen-bond donors (Lipinski definition) is 2. The number of likely N-dealkylation sites (tertiary alicyclic amines) is 1. The number of pyridine rings is 1. The first kappa shape index (κ1) is 16.8. The van der Waals surface area contributed by atoms with Crippen molar-refractivity contribution >= 4 is 22.8 Å². The van der Waals surface area contributed by atoms with Crippen molar-refractivity contribution < 1.29 is 9.59 Å². The number of benzene rings is 1. The van der Waals surface area contributed by atoms with Crippen molar-refractivity contribution in [3.63, 3.8) is 0 Å². The molecule has 2 N–H and O–H groups in total. The highest BCUT2D eigenvalue weighted by molar-refractivity contribution is 5.85. The monoisotopic (exact) mass is 352 g/mol. The number of fused-ring (bicyclic) bond motifs is 1. The number of aryl methyl sites for hydroxylation is 1. The van der Waals surface area contributed by atoms with Crippen LogP contribution in [-0.2, 0) is 11.3 Å². The Balaban J connectivity index is 1.38.